The molecule has 0 spiro atoms. The molecule has 16 heavy (non-hydrogen) atoms. The first-order chi connectivity index (χ1) is 7.75. The Bertz CT molecular complexity index is 435. The predicted octanol–water partition coefficient (Wildman–Crippen LogP) is 1.45. The van der Waals surface area contributed by atoms with Crippen LogP contribution in [0.2, 0.25) is 0 Å². The van der Waals surface area contributed by atoms with Gasteiger partial charge >= 0.3 is 0 Å². The maximum absolute atomic E-state index is 6.09. The van der Waals surface area contributed by atoms with Crippen LogP contribution >= 0.6 is 0 Å². The smallest absolute Gasteiger partial charge is 0.0827 e. The van der Waals surface area contributed by atoms with Crippen molar-refractivity contribution in [3.8, 4) is 0 Å². The van der Waals surface area contributed by atoms with E-state index in [-0.39, 0.29) is 6.04 Å². The minimum atomic E-state index is 0.0724. The highest BCUT2D eigenvalue weighted by molar-refractivity contribution is 5.18. The average molecular weight is 216 g/mol. The van der Waals surface area contributed by atoms with Crippen molar-refractivity contribution < 1.29 is 0 Å². The molecule has 0 radical (unpaired) electrons. The predicted molar refractivity (Wildman–Crippen MR) is 62.7 cm³/mol. The molecule has 1 aromatic carbocycles. The Labute approximate surface area is 95.1 Å². The minimum absolute atomic E-state index is 0.0724. The van der Waals surface area contributed by atoms with Crippen LogP contribution in [0.25, 0.3) is 0 Å². The fourth-order valence-electron chi connectivity index (χ4n) is 1.68. The Hall–Kier alpha value is -1.68. The van der Waals surface area contributed by atoms with Gasteiger partial charge in [0.25, 0.3) is 0 Å². The van der Waals surface area contributed by atoms with Crippen molar-refractivity contribution in [3.05, 3.63) is 47.8 Å². The number of benzene rings is 1. The number of hydrogen-bond acceptors (Lipinski definition) is 3. The first-order valence-electron chi connectivity index (χ1n) is 5.41. The van der Waals surface area contributed by atoms with Gasteiger partial charge in [0.15, 0.2) is 0 Å². The third-order valence-electron chi connectivity index (χ3n) is 2.59. The van der Waals surface area contributed by atoms with Crippen molar-refractivity contribution in [2.24, 2.45) is 12.8 Å². The molecule has 0 amide bonds. The maximum atomic E-state index is 6.09. The van der Waals surface area contributed by atoms with E-state index in [0.717, 1.165) is 18.5 Å². The molecule has 0 saturated carbocycles. The number of aromatic nitrogens is 3. The first-order valence-corrected chi connectivity index (χ1v) is 5.41. The molecule has 4 heteroatoms. The Morgan fingerprint density at radius 3 is 2.69 bits per heavy atom. The molecule has 0 aliphatic heterocycles. The van der Waals surface area contributed by atoms with Gasteiger partial charge in [-0.3, -0.25) is 4.68 Å². The van der Waals surface area contributed by atoms with Crippen LogP contribution in [0.5, 0.6) is 0 Å². The third-order valence-corrected chi connectivity index (χ3v) is 2.59. The molecule has 84 valence electrons. The van der Waals surface area contributed by atoms with Crippen molar-refractivity contribution >= 4 is 0 Å². The van der Waals surface area contributed by atoms with Gasteiger partial charge in [0, 0.05) is 19.3 Å². The molecule has 0 bridgehead atoms. The standard InChI is InChI=1S/C12H16N4/c1-16-9-11(14-15-16)7-8-12(13)10-5-3-2-4-6-10/h2-6,9,12H,7-8,13H2,1H3. The van der Waals surface area contributed by atoms with Gasteiger partial charge in [-0.05, 0) is 18.4 Å². The fraction of sp³-hybridized carbons (Fsp3) is 0.333. The van der Waals surface area contributed by atoms with Crippen LogP contribution in [0.15, 0.2) is 36.5 Å². The second-order valence-electron chi connectivity index (χ2n) is 3.94. The van der Waals surface area contributed by atoms with Crippen molar-refractivity contribution in [1.29, 1.82) is 0 Å². The molecule has 0 fully saturated rings. The molecule has 1 atom stereocenters. The Balaban J connectivity index is 1.91. The number of nitrogens with zero attached hydrogens (tertiary/aromatic N) is 3. The van der Waals surface area contributed by atoms with E-state index in [1.54, 1.807) is 4.68 Å². The van der Waals surface area contributed by atoms with E-state index in [9.17, 15) is 0 Å². The van der Waals surface area contributed by atoms with Crippen molar-refractivity contribution in [1.82, 2.24) is 15.0 Å². The van der Waals surface area contributed by atoms with Crippen molar-refractivity contribution in [2.45, 2.75) is 18.9 Å². The summed E-state index contributed by atoms with van der Waals surface area (Å²) in [5, 5.41) is 7.93. The lowest BCUT2D eigenvalue weighted by Crippen LogP contribution is -2.11. The van der Waals surface area contributed by atoms with Crippen LogP contribution in [0.4, 0.5) is 0 Å². The zero-order chi connectivity index (χ0) is 11.4. The second kappa shape index (κ2) is 4.90. The number of rotatable bonds is 4. The third kappa shape index (κ3) is 2.67. The highest BCUT2D eigenvalue weighted by Gasteiger charge is 2.06. The van der Waals surface area contributed by atoms with E-state index < -0.39 is 0 Å². The van der Waals surface area contributed by atoms with E-state index in [1.165, 1.54) is 5.56 Å². The summed E-state index contributed by atoms with van der Waals surface area (Å²) in [7, 11) is 1.87. The highest BCUT2D eigenvalue weighted by Crippen LogP contribution is 2.15. The van der Waals surface area contributed by atoms with Crippen molar-refractivity contribution in [2.75, 3.05) is 0 Å². The summed E-state index contributed by atoms with van der Waals surface area (Å²) in [5.74, 6) is 0. The molecule has 0 aliphatic rings. The number of nitrogens with two attached hydrogens (primary N) is 1. The fourth-order valence-corrected chi connectivity index (χ4v) is 1.68. The van der Waals surface area contributed by atoms with Gasteiger partial charge in [-0.2, -0.15) is 0 Å². The zero-order valence-electron chi connectivity index (χ0n) is 9.37. The van der Waals surface area contributed by atoms with Gasteiger partial charge in [-0.15, -0.1) is 5.10 Å². The molecular formula is C12H16N4. The highest BCUT2D eigenvalue weighted by atomic mass is 15.4. The number of hydrogen-bond donors (Lipinski definition) is 1. The van der Waals surface area contributed by atoms with E-state index in [4.69, 9.17) is 5.73 Å². The van der Waals surface area contributed by atoms with E-state index in [1.807, 2.05) is 31.4 Å². The largest absolute Gasteiger partial charge is 0.324 e. The van der Waals surface area contributed by atoms with Crippen molar-refractivity contribution in [3.63, 3.8) is 0 Å². The molecule has 0 aliphatic carbocycles. The summed E-state index contributed by atoms with van der Waals surface area (Å²) < 4.78 is 1.71. The summed E-state index contributed by atoms with van der Waals surface area (Å²) in [6.45, 7) is 0. The Morgan fingerprint density at radius 2 is 2.06 bits per heavy atom. The lowest BCUT2D eigenvalue weighted by atomic mass is 10.0. The summed E-state index contributed by atoms with van der Waals surface area (Å²) in [6, 6.07) is 10.2. The molecular weight excluding hydrogens is 200 g/mol. The molecule has 2 N–H and O–H groups in total. The lowest BCUT2D eigenvalue weighted by molar-refractivity contribution is 0.642. The Kier molecular flexibility index (Phi) is 3.31. The van der Waals surface area contributed by atoms with Crippen LogP contribution in [0, 0.1) is 0 Å². The van der Waals surface area contributed by atoms with E-state index in [2.05, 4.69) is 22.4 Å². The van der Waals surface area contributed by atoms with Crippen LogP contribution in [-0.2, 0) is 13.5 Å². The van der Waals surface area contributed by atoms with Crippen LogP contribution < -0.4 is 5.73 Å². The number of aryl methyl sites for hydroxylation is 2. The summed E-state index contributed by atoms with van der Waals surface area (Å²) >= 11 is 0. The monoisotopic (exact) mass is 216 g/mol. The maximum Gasteiger partial charge on any atom is 0.0827 e. The van der Waals surface area contributed by atoms with Crippen LogP contribution in [-0.4, -0.2) is 15.0 Å². The first kappa shape index (κ1) is 10.8. The van der Waals surface area contributed by atoms with E-state index >= 15 is 0 Å². The van der Waals surface area contributed by atoms with Gasteiger partial charge in [0.1, 0.15) is 0 Å². The SMILES string of the molecule is Cn1cc(CCC(N)c2ccccc2)nn1. The quantitative estimate of drug-likeness (QED) is 0.841. The van der Waals surface area contributed by atoms with Gasteiger partial charge in [-0.1, -0.05) is 35.5 Å². The van der Waals surface area contributed by atoms with Crippen LogP contribution in [0.3, 0.4) is 0 Å². The molecule has 4 nitrogen and oxygen atoms in total. The molecule has 2 rings (SSSR count). The molecule has 1 heterocycles. The topological polar surface area (TPSA) is 56.7 Å². The van der Waals surface area contributed by atoms with Crippen LogP contribution in [0.1, 0.15) is 23.7 Å². The van der Waals surface area contributed by atoms with Gasteiger partial charge < -0.3 is 5.73 Å². The minimum Gasteiger partial charge on any atom is -0.324 e. The molecule has 1 aromatic heterocycles. The van der Waals surface area contributed by atoms with Gasteiger partial charge in [-0.25, -0.2) is 0 Å². The zero-order valence-corrected chi connectivity index (χ0v) is 9.37. The summed E-state index contributed by atoms with van der Waals surface area (Å²) in [4.78, 5) is 0. The van der Waals surface area contributed by atoms with Gasteiger partial charge in [0.05, 0.1) is 5.69 Å². The second-order valence-corrected chi connectivity index (χ2v) is 3.94. The molecule has 0 saturated heterocycles. The molecule has 1 unspecified atom stereocenters. The summed E-state index contributed by atoms with van der Waals surface area (Å²) in [5.41, 5.74) is 8.26. The summed E-state index contributed by atoms with van der Waals surface area (Å²) in [6.07, 6.45) is 3.68. The normalized spacial score (nSPS) is 12.6. The average Bonchev–Trinajstić information content (AvgIpc) is 2.73. The molecule has 2 aromatic rings. The van der Waals surface area contributed by atoms with E-state index in [0.29, 0.717) is 0 Å². The van der Waals surface area contributed by atoms with Gasteiger partial charge in [0.2, 0.25) is 0 Å². The Morgan fingerprint density at radius 1 is 1.31 bits per heavy atom. The lowest BCUT2D eigenvalue weighted by Gasteiger charge is -2.10.